The Morgan fingerprint density at radius 3 is 2.62 bits per heavy atom. The van der Waals surface area contributed by atoms with E-state index in [1.807, 2.05) is 11.8 Å². The van der Waals surface area contributed by atoms with E-state index in [1.54, 1.807) is 0 Å². The normalized spacial score (nSPS) is 22.5. The molecule has 3 amide bonds. The van der Waals surface area contributed by atoms with Crippen molar-refractivity contribution in [1.82, 2.24) is 20.9 Å². The molecule has 0 aliphatic carbocycles. The maximum Gasteiger partial charge on any atom is 0.224 e. The van der Waals surface area contributed by atoms with Gasteiger partial charge in [0.05, 0.1) is 5.92 Å². The average Bonchev–Trinajstić information content (AvgIpc) is 2.64. The number of nitrogens with zero attached hydrogens (tertiary/aromatic N) is 1. The number of hydrogen-bond acceptors (Lipinski definition) is 4. The van der Waals surface area contributed by atoms with Crippen molar-refractivity contribution < 1.29 is 14.4 Å². The number of carbonyl (C=O) groups excluding carboxylic acids is 3. The van der Waals surface area contributed by atoms with Crippen LogP contribution in [-0.4, -0.2) is 61.4 Å². The van der Waals surface area contributed by atoms with Gasteiger partial charge >= 0.3 is 0 Å². The highest BCUT2D eigenvalue weighted by Gasteiger charge is 2.28. The van der Waals surface area contributed by atoms with Crippen LogP contribution >= 0.6 is 0 Å². The zero-order valence-electron chi connectivity index (χ0n) is 16.2. The second-order valence-electron chi connectivity index (χ2n) is 7.76. The zero-order valence-corrected chi connectivity index (χ0v) is 16.2. The summed E-state index contributed by atoms with van der Waals surface area (Å²) < 4.78 is 0. The Balaban J connectivity index is 1.71. The van der Waals surface area contributed by atoms with Gasteiger partial charge in [0.15, 0.2) is 0 Å². The van der Waals surface area contributed by atoms with Crippen LogP contribution in [-0.2, 0) is 14.4 Å². The van der Waals surface area contributed by atoms with Crippen LogP contribution in [0.15, 0.2) is 0 Å². The number of amides is 3. The molecule has 148 valence electrons. The van der Waals surface area contributed by atoms with Gasteiger partial charge in [-0.1, -0.05) is 0 Å². The lowest BCUT2D eigenvalue weighted by atomic mass is 9.92. The third-order valence-electron chi connectivity index (χ3n) is 5.40. The largest absolute Gasteiger partial charge is 0.354 e. The minimum atomic E-state index is -0.142. The predicted octanol–water partition coefficient (Wildman–Crippen LogP) is 0.646. The molecule has 2 aliphatic heterocycles. The van der Waals surface area contributed by atoms with Gasteiger partial charge in [-0.15, -0.1) is 0 Å². The van der Waals surface area contributed by atoms with Gasteiger partial charge in [0, 0.05) is 39.0 Å². The fourth-order valence-electron chi connectivity index (χ4n) is 3.87. The fraction of sp³-hybridized carbons (Fsp3) is 0.842. The Morgan fingerprint density at radius 1 is 1.19 bits per heavy atom. The predicted molar refractivity (Wildman–Crippen MR) is 100 cm³/mol. The number of carbonyl (C=O) groups is 3. The molecule has 2 aliphatic rings. The van der Waals surface area contributed by atoms with E-state index < -0.39 is 0 Å². The third kappa shape index (κ3) is 6.94. The van der Waals surface area contributed by atoms with E-state index in [0.717, 1.165) is 51.7 Å². The molecule has 2 atom stereocenters. The molecule has 2 rings (SSSR count). The van der Waals surface area contributed by atoms with Crippen LogP contribution in [0.3, 0.4) is 0 Å². The molecule has 0 aromatic rings. The minimum Gasteiger partial charge on any atom is -0.354 e. The Morgan fingerprint density at radius 2 is 1.92 bits per heavy atom. The van der Waals surface area contributed by atoms with Gasteiger partial charge in [-0.2, -0.15) is 0 Å². The minimum absolute atomic E-state index is 0.0157. The summed E-state index contributed by atoms with van der Waals surface area (Å²) in [5, 5.41) is 9.01. The molecule has 0 aromatic carbocycles. The summed E-state index contributed by atoms with van der Waals surface area (Å²) >= 11 is 0. The molecule has 7 nitrogen and oxygen atoms in total. The highest BCUT2D eigenvalue weighted by Crippen LogP contribution is 2.21. The summed E-state index contributed by atoms with van der Waals surface area (Å²) in [7, 11) is 0. The van der Waals surface area contributed by atoms with Crippen LogP contribution in [0.25, 0.3) is 0 Å². The lowest BCUT2D eigenvalue weighted by Crippen LogP contribution is -2.48. The number of piperidine rings is 2. The molecule has 26 heavy (non-hydrogen) atoms. The number of rotatable bonds is 7. The SMILES string of the molecule is CC(=O)NC(C)CNC(=O)C1CCCN(C(=O)CCC2CCNCC2)C1. The standard InChI is InChI=1S/C19H34N4O3/c1-14(22-15(2)24)12-21-19(26)17-4-3-11-23(13-17)18(25)6-5-16-7-9-20-10-8-16/h14,16-17,20H,3-13H2,1-2H3,(H,21,26)(H,22,24). The molecule has 2 heterocycles. The molecule has 7 heteroatoms. The first-order chi connectivity index (χ1) is 12.5. The quantitative estimate of drug-likeness (QED) is 0.617. The van der Waals surface area contributed by atoms with Gasteiger partial charge in [0.2, 0.25) is 17.7 Å². The van der Waals surface area contributed by atoms with Crippen molar-refractivity contribution >= 4 is 17.7 Å². The first kappa shape index (κ1) is 20.7. The van der Waals surface area contributed by atoms with Gasteiger partial charge < -0.3 is 20.9 Å². The van der Waals surface area contributed by atoms with Gasteiger partial charge in [-0.05, 0) is 58.0 Å². The molecular formula is C19H34N4O3. The smallest absolute Gasteiger partial charge is 0.224 e. The molecule has 0 radical (unpaired) electrons. The first-order valence-electron chi connectivity index (χ1n) is 9.99. The Labute approximate surface area is 156 Å². The van der Waals surface area contributed by atoms with Crippen molar-refractivity contribution in [2.24, 2.45) is 11.8 Å². The summed E-state index contributed by atoms with van der Waals surface area (Å²) in [4.78, 5) is 37.8. The number of nitrogens with one attached hydrogen (secondary N) is 3. The van der Waals surface area contributed by atoms with E-state index in [-0.39, 0.29) is 29.7 Å². The first-order valence-corrected chi connectivity index (χ1v) is 9.99. The topological polar surface area (TPSA) is 90.5 Å². The second kappa shape index (κ2) is 10.5. The highest BCUT2D eigenvalue weighted by atomic mass is 16.2. The fourth-order valence-corrected chi connectivity index (χ4v) is 3.87. The van der Waals surface area contributed by atoms with E-state index >= 15 is 0 Å². The van der Waals surface area contributed by atoms with Crippen molar-refractivity contribution in [3.05, 3.63) is 0 Å². The van der Waals surface area contributed by atoms with Crippen LogP contribution in [0.5, 0.6) is 0 Å². The Kier molecular flexibility index (Phi) is 8.35. The van der Waals surface area contributed by atoms with Crippen molar-refractivity contribution in [3.63, 3.8) is 0 Å². The number of hydrogen-bond donors (Lipinski definition) is 3. The summed E-state index contributed by atoms with van der Waals surface area (Å²) in [6.07, 6.45) is 5.56. The molecule has 3 N–H and O–H groups in total. The lowest BCUT2D eigenvalue weighted by molar-refractivity contribution is -0.136. The van der Waals surface area contributed by atoms with Crippen molar-refractivity contribution in [1.29, 1.82) is 0 Å². The summed E-state index contributed by atoms with van der Waals surface area (Å²) in [6, 6.07) is -0.0947. The number of likely N-dealkylation sites (tertiary alicyclic amines) is 1. The van der Waals surface area contributed by atoms with E-state index in [4.69, 9.17) is 0 Å². The van der Waals surface area contributed by atoms with Crippen molar-refractivity contribution in [2.45, 2.75) is 58.4 Å². The summed E-state index contributed by atoms with van der Waals surface area (Å²) in [6.45, 7) is 7.14. The van der Waals surface area contributed by atoms with E-state index in [9.17, 15) is 14.4 Å². The second-order valence-corrected chi connectivity index (χ2v) is 7.76. The van der Waals surface area contributed by atoms with Gasteiger partial charge in [0.1, 0.15) is 0 Å². The molecular weight excluding hydrogens is 332 g/mol. The van der Waals surface area contributed by atoms with Crippen LogP contribution < -0.4 is 16.0 Å². The van der Waals surface area contributed by atoms with E-state index in [0.29, 0.717) is 25.4 Å². The molecule has 0 aromatic heterocycles. The van der Waals surface area contributed by atoms with Crippen LogP contribution in [0.1, 0.15) is 52.4 Å². The summed E-state index contributed by atoms with van der Waals surface area (Å²) in [5.74, 6) is 0.580. The van der Waals surface area contributed by atoms with Crippen LogP contribution in [0.4, 0.5) is 0 Å². The lowest BCUT2D eigenvalue weighted by Gasteiger charge is -2.33. The monoisotopic (exact) mass is 366 g/mol. The zero-order chi connectivity index (χ0) is 18.9. The molecule has 0 saturated carbocycles. The van der Waals surface area contributed by atoms with E-state index in [2.05, 4.69) is 16.0 Å². The van der Waals surface area contributed by atoms with E-state index in [1.165, 1.54) is 6.92 Å². The average molecular weight is 367 g/mol. The maximum atomic E-state index is 12.5. The molecule has 2 unspecified atom stereocenters. The Bertz CT molecular complexity index is 491. The van der Waals surface area contributed by atoms with Gasteiger partial charge in [-0.3, -0.25) is 14.4 Å². The van der Waals surface area contributed by atoms with Crippen molar-refractivity contribution in [2.75, 3.05) is 32.7 Å². The highest BCUT2D eigenvalue weighted by molar-refractivity contribution is 5.81. The maximum absolute atomic E-state index is 12.5. The van der Waals surface area contributed by atoms with Gasteiger partial charge in [0.25, 0.3) is 0 Å². The molecule has 0 bridgehead atoms. The molecule has 2 fully saturated rings. The van der Waals surface area contributed by atoms with Gasteiger partial charge in [-0.25, -0.2) is 0 Å². The van der Waals surface area contributed by atoms with Crippen LogP contribution in [0, 0.1) is 11.8 Å². The Hall–Kier alpha value is -1.63. The third-order valence-corrected chi connectivity index (χ3v) is 5.40. The molecule has 0 spiro atoms. The van der Waals surface area contributed by atoms with Crippen LogP contribution in [0.2, 0.25) is 0 Å². The molecule has 2 saturated heterocycles. The summed E-state index contributed by atoms with van der Waals surface area (Å²) in [5.41, 5.74) is 0. The van der Waals surface area contributed by atoms with Crippen molar-refractivity contribution in [3.8, 4) is 0 Å².